The van der Waals surface area contributed by atoms with Crippen LogP contribution in [0.4, 0.5) is 4.39 Å². The monoisotopic (exact) mass is 222 g/mol. The van der Waals surface area contributed by atoms with E-state index in [1.807, 2.05) is 12.1 Å². The van der Waals surface area contributed by atoms with Gasteiger partial charge in [0.2, 0.25) is 0 Å². The van der Waals surface area contributed by atoms with E-state index in [0.29, 0.717) is 5.92 Å². The molecule has 0 aliphatic rings. The standard InChI is InChI=1S/C15H23F/c1-3-5-6-7-10-13(4-2)14-11-8-9-12-15(14)16/h8-9,11-13H,3-7,10H2,1-2H3. The topological polar surface area (TPSA) is 0 Å². The highest BCUT2D eigenvalue weighted by atomic mass is 19.1. The summed E-state index contributed by atoms with van der Waals surface area (Å²) in [5.74, 6) is 0.364. The number of hydrogen-bond donors (Lipinski definition) is 0. The summed E-state index contributed by atoms with van der Waals surface area (Å²) in [5.41, 5.74) is 0.904. The van der Waals surface area contributed by atoms with Crippen molar-refractivity contribution >= 4 is 0 Å². The number of benzene rings is 1. The molecule has 0 nitrogen and oxygen atoms in total. The molecule has 1 aromatic carbocycles. The molecule has 0 heterocycles. The van der Waals surface area contributed by atoms with Crippen LogP contribution in [0.15, 0.2) is 24.3 Å². The summed E-state index contributed by atoms with van der Waals surface area (Å²) in [5, 5.41) is 0. The molecule has 0 aliphatic carbocycles. The van der Waals surface area contributed by atoms with Crippen LogP contribution in [-0.2, 0) is 0 Å². The van der Waals surface area contributed by atoms with Crippen LogP contribution >= 0.6 is 0 Å². The Morgan fingerprint density at radius 1 is 1.06 bits per heavy atom. The normalized spacial score (nSPS) is 12.7. The van der Waals surface area contributed by atoms with E-state index in [-0.39, 0.29) is 5.82 Å². The van der Waals surface area contributed by atoms with Crippen LogP contribution in [-0.4, -0.2) is 0 Å². The molecule has 0 fully saturated rings. The average Bonchev–Trinajstić information content (AvgIpc) is 2.31. The first-order valence-corrected chi connectivity index (χ1v) is 6.54. The van der Waals surface area contributed by atoms with Gasteiger partial charge in [-0.05, 0) is 30.4 Å². The van der Waals surface area contributed by atoms with Crippen molar-refractivity contribution in [3.63, 3.8) is 0 Å². The largest absolute Gasteiger partial charge is 0.207 e. The smallest absolute Gasteiger partial charge is 0.126 e. The van der Waals surface area contributed by atoms with Gasteiger partial charge in [0, 0.05) is 0 Å². The van der Waals surface area contributed by atoms with Gasteiger partial charge in [-0.2, -0.15) is 0 Å². The van der Waals surface area contributed by atoms with Crippen molar-refractivity contribution in [3.8, 4) is 0 Å². The second-order valence-corrected chi connectivity index (χ2v) is 4.48. The van der Waals surface area contributed by atoms with Crippen molar-refractivity contribution in [2.24, 2.45) is 0 Å². The lowest BCUT2D eigenvalue weighted by Crippen LogP contribution is -2.00. The number of unbranched alkanes of at least 4 members (excludes halogenated alkanes) is 3. The van der Waals surface area contributed by atoms with Crippen LogP contribution in [0.5, 0.6) is 0 Å². The lowest BCUT2D eigenvalue weighted by Gasteiger charge is -2.15. The summed E-state index contributed by atoms with van der Waals surface area (Å²) in [4.78, 5) is 0. The van der Waals surface area contributed by atoms with Gasteiger partial charge < -0.3 is 0 Å². The van der Waals surface area contributed by atoms with E-state index in [2.05, 4.69) is 13.8 Å². The molecule has 0 spiro atoms. The lowest BCUT2D eigenvalue weighted by atomic mass is 9.90. The van der Waals surface area contributed by atoms with E-state index in [1.54, 1.807) is 12.1 Å². The minimum Gasteiger partial charge on any atom is -0.207 e. The van der Waals surface area contributed by atoms with Crippen molar-refractivity contribution in [1.29, 1.82) is 0 Å². The first-order valence-electron chi connectivity index (χ1n) is 6.54. The van der Waals surface area contributed by atoms with Gasteiger partial charge in [0.05, 0.1) is 0 Å². The Morgan fingerprint density at radius 3 is 2.44 bits per heavy atom. The fraction of sp³-hybridized carbons (Fsp3) is 0.600. The molecule has 0 saturated carbocycles. The van der Waals surface area contributed by atoms with Gasteiger partial charge in [-0.15, -0.1) is 0 Å². The number of rotatable bonds is 7. The van der Waals surface area contributed by atoms with Crippen LogP contribution in [0.25, 0.3) is 0 Å². The molecule has 1 unspecified atom stereocenters. The van der Waals surface area contributed by atoms with Crippen LogP contribution in [0, 0.1) is 5.82 Å². The zero-order valence-corrected chi connectivity index (χ0v) is 10.5. The van der Waals surface area contributed by atoms with Crippen LogP contribution in [0.1, 0.15) is 63.9 Å². The van der Waals surface area contributed by atoms with Crippen LogP contribution in [0.3, 0.4) is 0 Å². The minimum absolute atomic E-state index is 0.0372. The molecule has 1 rings (SSSR count). The highest BCUT2D eigenvalue weighted by Gasteiger charge is 2.12. The second-order valence-electron chi connectivity index (χ2n) is 4.48. The molecular weight excluding hydrogens is 199 g/mol. The Labute approximate surface area is 98.9 Å². The second kappa shape index (κ2) is 7.43. The van der Waals surface area contributed by atoms with Gasteiger partial charge in [-0.3, -0.25) is 0 Å². The Balaban J connectivity index is 2.51. The van der Waals surface area contributed by atoms with Gasteiger partial charge >= 0.3 is 0 Å². The molecule has 0 N–H and O–H groups in total. The minimum atomic E-state index is -0.0372. The fourth-order valence-electron chi connectivity index (χ4n) is 2.20. The molecule has 1 aromatic rings. The summed E-state index contributed by atoms with van der Waals surface area (Å²) < 4.78 is 13.6. The third-order valence-electron chi connectivity index (χ3n) is 3.24. The quantitative estimate of drug-likeness (QED) is 0.550. The molecule has 90 valence electrons. The van der Waals surface area contributed by atoms with Gasteiger partial charge in [-0.1, -0.05) is 57.7 Å². The predicted molar refractivity (Wildman–Crippen MR) is 68.2 cm³/mol. The van der Waals surface area contributed by atoms with E-state index in [4.69, 9.17) is 0 Å². The zero-order chi connectivity index (χ0) is 11.8. The molecule has 0 radical (unpaired) electrons. The first kappa shape index (κ1) is 13.2. The fourth-order valence-corrected chi connectivity index (χ4v) is 2.20. The van der Waals surface area contributed by atoms with E-state index in [1.165, 1.54) is 25.7 Å². The van der Waals surface area contributed by atoms with Gasteiger partial charge in [0.25, 0.3) is 0 Å². The Hall–Kier alpha value is -0.850. The molecule has 0 bridgehead atoms. The maximum Gasteiger partial charge on any atom is 0.126 e. The molecule has 0 aromatic heterocycles. The summed E-state index contributed by atoms with van der Waals surface area (Å²) in [7, 11) is 0. The predicted octanol–water partition coefficient (Wildman–Crippen LogP) is 5.29. The molecule has 16 heavy (non-hydrogen) atoms. The summed E-state index contributed by atoms with van der Waals surface area (Å²) in [6, 6.07) is 7.21. The van der Waals surface area contributed by atoms with Gasteiger partial charge in [0.1, 0.15) is 5.82 Å². The highest BCUT2D eigenvalue weighted by Crippen LogP contribution is 2.27. The van der Waals surface area contributed by atoms with E-state index in [9.17, 15) is 4.39 Å². The number of hydrogen-bond acceptors (Lipinski definition) is 0. The molecule has 0 aliphatic heterocycles. The summed E-state index contributed by atoms with van der Waals surface area (Å²) >= 11 is 0. The van der Waals surface area contributed by atoms with E-state index < -0.39 is 0 Å². The molecule has 0 amide bonds. The maximum atomic E-state index is 13.6. The molecule has 1 atom stereocenters. The zero-order valence-electron chi connectivity index (χ0n) is 10.5. The Bertz CT molecular complexity index is 293. The SMILES string of the molecule is CCCCCCC(CC)c1ccccc1F. The van der Waals surface area contributed by atoms with Crippen molar-refractivity contribution in [2.75, 3.05) is 0 Å². The highest BCUT2D eigenvalue weighted by molar-refractivity contribution is 5.21. The molecule has 1 heteroatoms. The summed E-state index contributed by atoms with van der Waals surface area (Å²) in [6.45, 7) is 4.37. The maximum absolute atomic E-state index is 13.6. The Morgan fingerprint density at radius 2 is 1.81 bits per heavy atom. The van der Waals surface area contributed by atoms with Gasteiger partial charge in [-0.25, -0.2) is 4.39 Å². The molecule has 0 saturated heterocycles. The average molecular weight is 222 g/mol. The first-order chi connectivity index (χ1) is 7.79. The van der Waals surface area contributed by atoms with E-state index in [0.717, 1.165) is 18.4 Å². The third-order valence-corrected chi connectivity index (χ3v) is 3.24. The third kappa shape index (κ3) is 3.96. The number of halogens is 1. The Kier molecular flexibility index (Phi) is 6.14. The molecular formula is C15H23F. The van der Waals surface area contributed by atoms with Crippen LogP contribution in [0.2, 0.25) is 0 Å². The van der Waals surface area contributed by atoms with Crippen LogP contribution < -0.4 is 0 Å². The van der Waals surface area contributed by atoms with Crippen molar-refractivity contribution in [1.82, 2.24) is 0 Å². The summed E-state index contributed by atoms with van der Waals surface area (Å²) in [6.07, 6.45) is 7.22. The van der Waals surface area contributed by atoms with Crippen molar-refractivity contribution in [3.05, 3.63) is 35.6 Å². The van der Waals surface area contributed by atoms with E-state index >= 15 is 0 Å². The van der Waals surface area contributed by atoms with Crippen molar-refractivity contribution in [2.45, 2.75) is 58.3 Å². The lowest BCUT2D eigenvalue weighted by molar-refractivity contribution is 0.512. The van der Waals surface area contributed by atoms with Gasteiger partial charge in [0.15, 0.2) is 0 Å². The van der Waals surface area contributed by atoms with Crippen molar-refractivity contribution < 1.29 is 4.39 Å².